The standard InChI is InChI=1S/C9H20ClN3O/c1-6-12(7-2)8(14)11-13(10)9(3,4)5/h6-7H2,1-5H3,(H,11,14). The third-order valence-corrected chi connectivity index (χ3v) is 2.43. The van der Waals surface area contributed by atoms with E-state index in [1.165, 1.54) is 4.53 Å². The van der Waals surface area contributed by atoms with Crippen LogP contribution in [0.4, 0.5) is 4.79 Å². The smallest absolute Gasteiger partial charge is 0.324 e. The zero-order valence-electron chi connectivity index (χ0n) is 9.59. The average molecular weight is 222 g/mol. The summed E-state index contributed by atoms with van der Waals surface area (Å²) in [5, 5.41) is 0. The number of urea groups is 1. The Balaban J connectivity index is 4.18. The van der Waals surface area contributed by atoms with Gasteiger partial charge in [-0.2, -0.15) is 0 Å². The molecule has 0 aliphatic heterocycles. The highest BCUT2D eigenvalue weighted by molar-refractivity contribution is 6.14. The lowest BCUT2D eigenvalue weighted by Gasteiger charge is -2.31. The molecule has 0 radical (unpaired) electrons. The highest BCUT2D eigenvalue weighted by Crippen LogP contribution is 2.12. The molecule has 2 amide bonds. The first-order valence-electron chi connectivity index (χ1n) is 4.84. The van der Waals surface area contributed by atoms with Gasteiger partial charge in [-0.15, -0.1) is 4.53 Å². The maximum atomic E-state index is 11.6. The molecule has 0 aromatic heterocycles. The van der Waals surface area contributed by atoms with Gasteiger partial charge in [-0.05, 0) is 34.6 Å². The van der Waals surface area contributed by atoms with Gasteiger partial charge in [-0.3, -0.25) is 5.43 Å². The Labute approximate surface area is 91.3 Å². The van der Waals surface area contributed by atoms with Crippen LogP contribution in [0, 0.1) is 0 Å². The first kappa shape index (κ1) is 13.5. The molecule has 84 valence electrons. The van der Waals surface area contributed by atoms with Crippen LogP contribution in [0.3, 0.4) is 0 Å². The summed E-state index contributed by atoms with van der Waals surface area (Å²) in [6, 6.07) is -0.167. The Morgan fingerprint density at radius 1 is 1.29 bits per heavy atom. The maximum Gasteiger partial charge on any atom is 0.332 e. The van der Waals surface area contributed by atoms with E-state index in [1.807, 2.05) is 34.6 Å². The summed E-state index contributed by atoms with van der Waals surface area (Å²) in [6.45, 7) is 11.0. The van der Waals surface area contributed by atoms with Gasteiger partial charge >= 0.3 is 6.03 Å². The minimum Gasteiger partial charge on any atom is -0.324 e. The van der Waals surface area contributed by atoms with E-state index in [-0.39, 0.29) is 11.6 Å². The first-order valence-corrected chi connectivity index (χ1v) is 5.18. The lowest BCUT2D eigenvalue weighted by atomic mass is 10.1. The first-order chi connectivity index (χ1) is 6.32. The number of carbonyl (C=O) groups is 1. The minimum atomic E-state index is -0.287. The van der Waals surface area contributed by atoms with Crippen LogP contribution in [0.15, 0.2) is 0 Å². The number of carbonyl (C=O) groups excluding carboxylic acids is 1. The van der Waals surface area contributed by atoms with Crippen LogP contribution in [0.5, 0.6) is 0 Å². The van der Waals surface area contributed by atoms with Crippen molar-refractivity contribution < 1.29 is 4.79 Å². The Morgan fingerprint density at radius 3 is 2.00 bits per heavy atom. The molecule has 0 aliphatic carbocycles. The number of nitrogens with one attached hydrogen (secondary N) is 1. The third kappa shape index (κ3) is 4.15. The van der Waals surface area contributed by atoms with E-state index in [1.54, 1.807) is 4.90 Å². The van der Waals surface area contributed by atoms with E-state index >= 15 is 0 Å². The van der Waals surface area contributed by atoms with Crippen LogP contribution in [0.1, 0.15) is 34.6 Å². The van der Waals surface area contributed by atoms with E-state index in [0.717, 1.165) is 0 Å². The van der Waals surface area contributed by atoms with E-state index in [2.05, 4.69) is 5.43 Å². The van der Waals surface area contributed by atoms with E-state index in [9.17, 15) is 4.79 Å². The average Bonchev–Trinajstić information content (AvgIpc) is 2.04. The monoisotopic (exact) mass is 221 g/mol. The van der Waals surface area contributed by atoms with Crippen molar-refractivity contribution in [2.45, 2.75) is 40.2 Å². The molecule has 14 heavy (non-hydrogen) atoms. The molecular weight excluding hydrogens is 202 g/mol. The second-order valence-electron chi connectivity index (χ2n) is 4.04. The second-order valence-corrected chi connectivity index (χ2v) is 4.38. The molecule has 0 aromatic rings. The van der Waals surface area contributed by atoms with Gasteiger partial charge in [0.1, 0.15) is 0 Å². The fourth-order valence-corrected chi connectivity index (χ4v) is 0.906. The van der Waals surface area contributed by atoms with E-state index in [0.29, 0.717) is 13.1 Å². The molecule has 0 fully saturated rings. The summed E-state index contributed by atoms with van der Waals surface area (Å²) < 4.78 is 1.30. The van der Waals surface area contributed by atoms with Crippen molar-refractivity contribution in [2.75, 3.05) is 13.1 Å². The number of hydrogen-bond donors (Lipinski definition) is 1. The van der Waals surface area contributed by atoms with Crippen LogP contribution in [0.2, 0.25) is 0 Å². The van der Waals surface area contributed by atoms with Crippen LogP contribution in [-0.2, 0) is 0 Å². The molecular formula is C9H20ClN3O. The van der Waals surface area contributed by atoms with Gasteiger partial charge < -0.3 is 4.90 Å². The molecule has 0 saturated heterocycles. The van der Waals surface area contributed by atoms with E-state index in [4.69, 9.17) is 11.8 Å². The van der Waals surface area contributed by atoms with Crippen molar-refractivity contribution >= 4 is 17.8 Å². The van der Waals surface area contributed by atoms with Crippen molar-refractivity contribution in [1.29, 1.82) is 0 Å². The van der Waals surface area contributed by atoms with Gasteiger partial charge in [0, 0.05) is 30.4 Å². The fourth-order valence-electron chi connectivity index (χ4n) is 0.833. The topological polar surface area (TPSA) is 35.6 Å². The lowest BCUT2D eigenvalue weighted by molar-refractivity contribution is 0.151. The molecule has 5 heteroatoms. The molecule has 0 atom stereocenters. The second kappa shape index (κ2) is 5.41. The maximum absolute atomic E-state index is 11.6. The fraction of sp³-hybridized carbons (Fsp3) is 0.889. The SMILES string of the molecule is CCN(CC)C(=O)NN(Cl)C(C)(C)C. The highest BCUT2D eigenvalue weighted by atomic mass is 35.5. The van der Waals surface area contributed by atoms with Crippen LogP contribution in [0.25, 0.3) is 0 Å². The summed E-state index contributed by atoms with van der Waals surface area (Å²) in [5.74, 6) is 0. The number of hydrogen-bond acceptors (Lipinski definition) is 2. The molecule has 1 N–H and O–H groups in total. The molecule has 0 aliphatic rings. The zero-order valence-corrected chi connectivity index (χ0v) is 10.4. The van der Waals surface area contributed by atoms with Gasteiger partial charge in [0.15, 0.2) is 0 Å². The molecule has 0 bridgehead atoms. The Hall–Kier alpha value is -0.480. The van der Waals surface area contributed by atoms with Gasteiger partial charge in [-0.1, -0.05) is 0 Å². The Bertz CT molecular complexity index is 187. The summed E-state index contributed by atoms with van der Waals surface area (Å²) >= 11 is 5.88. The molecule has 0 spiro atoms. The predicted octanol–water partition coefficient (Wildman–Crippen LogP) is 2.21. The Kier molecular flexibility index (Phi) is 5.23. The number of amides is 2. The summed E-state index contributed by atoms with van der Waals surface area (Å²) in [5.41, 5.74) is 2.32. The van der Waals surface area contributed by atoms with Crippen LogP contribution >= 0.6 is 11.8 Å². The third-order valence-electron chi connectivity index (χ3n) is 1.83. The highest BCUT2D eigenvalue weighted by Gasteiger charge is 2.22. The quantitative estimate of drug-likeness (QED) is 0.586. The van der Waals surface area contributed by atoms with Crippen molar-refractivity contribution in [2.24, 2.45) is 0 Å². The van der Waals surface area contributed by atoms with Gasteiger partial charge in [-0.25, -0.2) is 4.79 Å². The van der Waals surface area contributed by atoms with Gasteiger partial charge in [0.2, 0.25) is 0 Å². The molecule has 0 heterocycles. The number of halogens is 1. The van der Waals surface area contributed by atoms with E-state index < -0.39 is 0 Å². The lowest BCUT2D eigenvalue weighted by Crippen LogP contribution is -2.51. The Morgan fingerprint density at radius 2 is 1.71 bits per heavy atom. The molecule has 0 unspecified atom stereocenters. The van der Waals surface area contributed by atoms with Crippen molar-refractivity contribution in [3.63, 3.8) is 0 Å². The largest absolute Gasteiger partial charge is 0.332 e. The number of rotatable bonds is 3. The normalized spacial score (nSPS) is 11.6. The summed E-state index contributed by atoms with van der Waals surface area (Å²) in [4.78, 5) is 13.2. The minimum absolute atomic E-state index is 0.167. The molecule has 0 aromatic carbocycles. The van der Waals surface area contributed by atoms with Crippen molar-refractivity contribution in [3.8, 4) is 0 Å². The molecule has 0 saturated carbocycles. The summed E-state index contributed by atoms with van der Waals surface area (Å²) in [6.07, 6.45) is 0. The number of nitrogens with zero attached hydrogens (tertiary/aromatic N) is 2. The summed E-state index contributed by atoms with van der Waals surface area (Å²) in [7, 11) is 0. The zero-order chi connectivity index (χ0) is 11.4. The van der Waals surface area contributed by atoms with Crippen molar-refractivity contribution in [3.05, 3.63) is 0 Å². The number of hydrazine groups is 1. The van der Waals surface area contributed by atoms with Crippen LogP contribution in [-0.4, -0.2) is 34.1 Å². The molecule has 0 rings (SSSR count). The van der Waals surface area contributed by atoms with Crippen LogP contribution < -0.4 is 5.43 Å². The predicted molar refractivity (Wildman–Crippen MR) is 58.9 cm³/mol. The van der Waals surface area contributed by atoms with Crippen molar-refractivity contribution in [1.82, 2.24) is 14.9 Å². The van der Waals surface area contributed by atoms with Gasteiger partial charge in [0.05, 0.1) is 0 Å². The van der Waals surface area contributed by atoms with Gasteiger partial charge in [0.25, 0.3) is 0 Å². The molecule has 4 nitrogen and oxygen atoms in total.